The molecule has 1 unspecified atom stereocenters. The van der Waals surface area contributed by atoms with Gasteiger partial charge in [-0.2, -0.15) is 0 Å². The van der Waals surface area contributed by atoms with Crippen LogP contribution in [0.1, 0.15) is 25.0 Å². The van der Waals surface area contributed by atoms with Gasteiger partial charge >= 0.3 is 0 Å². The zero-order chi connectivity index (χ0) is 9.64. The van der Waals surface area contributed by atoms with Crippen LogP contribution in [0.4, 0.5) is 0 Å². The van der Waals surface area contributed by atoms with E-state index in [1.165, 1.54) is 25.8 Å². The van der Waals surface area contributed by atoms with Crippen LogP contribution in [0.25, 0.3) is 0 Å². The number of hydrogen-bond donors (Lipinski definition) is 3. The first-order valence-electron chi connectivity index (χ1n) is 5.36. The number of hydrogen-bond acceptors (Lipinski definition) is 3. The van der Waals surface area contributed by atoms with Crippen molar-refractivity contribution in [2.75, 3.05) is 13.1 Å². The Labute approximate surface area is 84.5 Å². The van der Waals surface area contributed by atoms with Crippen molar-refractivity contribution in [3.8, 4) is 0 Å². The first-order valence-corrected chi connectivity index (χ1v) is 5.36. The van der Waals surface area contributed by atoms with Gasteiger partial charge in [0.2, 0.25) is 0 Å². The Kier molecular flexibility index (Phi) is 3.54. The van der Waals surface area contributed by atoms with Crippen molar-refractivity contribution < 1.29 is 0 Å². The number of nitrogens with zero attached hydrogens (tertiary/aromatic N) is 1. The molecule has 3 N–H and O–H groups in total. The first kappa shape index (κ1) is 9.68. The molecule has 4 heteroatoms. The second kappa shape index (κ2) is 5.12. The Morgan fingerprint density at radius 1 is 1.50 bits per heavy atom. The third-order valence-electron chi connectivity index (χ3n) is 2.67. The fraction of sp³-hybridized carbons (Fsp3) is 0.700. The van der Waals surface area contributed by atoms with E-state index >= 15 is 0 Å². The molecule has 1 aromatic rings. The van der Waals surface area contributed by atoms with E-state index < -0.39 is 0 Å². The Hall–Kier alpha value is -0.870. The molecule has 2 heterocycles. The maximum absolute atomic E-state index is 3.98. The van der Waals surface area contributed by atoms with Crippen molar-refractivity contribution in [1.29, 1.82) is 0 Å². The van der Waals surface area contributed by atoms with Gasteiger partial charge in [0, 0.05) is 31.0 Å². The SMILES string of the molecule is c1ncc(CNCC2CCCCN2)[nH]1. The molecule has 0 saturated carbocycles. The highest BCUT2D eigenvalue weighted by Crippen LogP contribution is 2.05. The zero-order valence-electron chi connectivity index (χ0n) is 8.42. The molecule has 1 aliphatic heterocycles. The summed E-state index contributed by atoms with van der Waals surface area (Å²) in [7, 11) is 0. The molecular formula is C10H18N4. The molecule has 78 valence electrons. The molecule has 0 bridgehead atoms. The van der Waals surface area contributed by atoms with Crippen LogP contribution in [0.5, 0.6) is 0 Å². The van der Waals surface area contributed by atoms with Crippen LogP contribution in [0, 0.1) is 0 Å². The zero-order valence-corrected chi connectivity index (χ0v) is 8.42. The van der Waals surface area contributed by atoms with Crippen LogP contribution in [-0.4, -0.2) is 29.1 Å². The van der Waals surface area contributed by atoms with E-state index in [9.17, 15) is 0 Å². The Balaban J connectivity index is 1.62. The minimum atomic E-state index is 0.659. The van der Waals surface area contributed by atoms with Gasteiger partial charge in [0.25, 0.3) is 0 Å². The van der Waals surface area contributed by atoms with Crippen LogP contribution < -0.4 is 10.6 Å². The van der Waals surface area contributed by atoms with Gasteiger partial charge in [0.15, 0.2) is 0 Å². The average molecular weight is 194 g/mol. The lowest BCUT2D eigenvalue weighted by Crippen LogP contribution is -2.41. The normalized spacial score (nSPS) is 22.4. The molecule has 0 aliphatic carbocycles. The third kappa shape index (κ3) is 2.82. The van der Waals surface area contributed by atoms with E-state index in [1.807, 2.05) is 6.20 Å². The van der Waals surface area contributed by atoms with Crippen molar-refractivity contribution in [2.45, 2.75) is 31.8 Å². The minimum absolute atomic E-state index is 0.659. The summed E-state index contributed by atoms with van der Waals surface area (Å²) in [4.78, 5) is 7.06. The largest absolute Gasteiger partial charge is 0.347 e. The quantitative estimate of drug-likeness (QED) is 0.659. The molecular weight excluding hydrogens is 176 g/mol. The number of aromatic amines is 1. The third-order valence-corrected chi connectivity index (χ3v) is 2.67. The molecule has 4 nitrogen and oxygen atoms in total. The molecule has 1 atom stereocenters. The minimum Gasteiger partial charge on any atom is -0.347 e. The standard InChI is InChI=1S/C10H18N4/c1-2-4-13-9(3-1)5-11-6-10-7-12-8-14-10/h7-9,11,13H,1-6H2,(H,12,14). The fourth-order valence-electron chi connectivity index (χ4n) is 1.86. The number of rotatable bonds is 4. The Bertz CT molecular complexity index is 239. The molecule has 2 rings (SSSR count). The van der Waals surface area contributed by atoms with Gasteiger partial charge in [-0.05, 0) is 19.4 Å². The second-order valence-corrected chi connectivity index (χ2v) is 3.85. The van der Waals surface area contributed by atoms with Crippen LogP contribution in [0.2, 0.25) is 0 Å². The summed E-state index contributed by atoms with van der Waals surface area (Å²) in [5.41, 5.74) is 1.15. The lowest BCUT2D eigenvalue weighted by atomic mass is 10.1. The summed E-state index contributed by atoms with van der Waals surface area (Å²) in [6.45, 7) is 3.12. The summed E-state index contributed by atoms with van der Waals surface area (Å²) < 4.78 is 0. The summed E-state index contributed by atoms with van der Waals surface area (Å²) in [6.07, 6.45) is 7.58. The molecule has 0 amide bonds. The van der Waals surface area contributed by atoms with Crippen LogP contribution >= 0.6 is 0 Å². The Morgan fingerprint density at radius 3 is 3.21 bits per heavy atom. The smallest absolute Gasteiger partial charge is 0.0922 e. The maximum atomic E-state index is 3.98. The van der Waals surface area contributed by atoms with E-state index in [2.05, 4.69) is 20.6 Å². The van der Waals surface area contributed by atoms with E-state index in [1.54, 1.807) is 6.33 Å². The fourth-order valence-corrected chi connectivity index (χ4v) is 1.86. The molecule has 1 saturated heterocycles. The van der Waals surface area contributed by atoms with Gasteiger partial charge in [0.05, 0.1) is 6.33 Å². The van der Waals surface area contributed by atoms with Crippen molar-refractivity contribution in [2.24, 2.45) is 0 Å². The van der Waals surface area contributed by atoms with Gasteiger partial charge < -0.3 is 15.6 Å². The number of nitrogens with one attached hydrogen (secondary N) is 3. The molecule has 1 fully saturated rings. The summed E-state index contributed by atoms with van der Waals surface area (Å²) in [6, 6.07) is 0.659. The summed E-state index contributed by atoms with van der Waals surface area (Å²) >= 11 is 0. The van der Waals surface area contributed by atoms with Crippen molar-refractivity contribution in [3.05, 3.63) is 18.2 Å². The van der Waals surface area contributed by atoms with E-state index in [0.717, 1.165) is 18.8 Å². The van der Waals surface area contributed by atoms with Gasteiger partial charge in [0.1, 0.15) is 0 Å². The van der Waals surface area contributed by atoms with Crippen LogP contribution in [0.15, 0.2) is 12.5 Å². The predicted octanol–water partition coefficient (Wildman–Crippen LogP) is 0.641. The number of aromatic nitrogens is 2. The monoisotopic (exact) mass is 194 g/mol. The van der Waals surface area contributed by atoms with Crippen molar-refractivity contribution in [1.82, 2.24) is 20.6 Å². The molecule has 0 radical (unpaired) electrons. The molecule has 1 aliphatic rings. The van der Waals surface area contributed by atoms with Crippen LogP contribution in [-0.2, 0) is 6.54 Å². The van der Waals surface area contributed by atoms with Crippen molar-refractivity contribution >= 4 is 0 Å². The first-order chi connectivity index (χ1) is 6.95. The van der Waals surface area contributed by atoms with Gasteiger partial charge in [-0.1, -0.05) is 6.42 Å². The summed E-state index contributed by atoms with van der Waals surface area (Å²) in [5, 5.41) is 6.93. The van der Waals surface area contributed by atoms with E-state index in [0.29, 0.717) is 6.04 Å². The Morgan fingerprint density at radius 2 is 2.50 bits per heavy atom. The predicted molar refractivity (Wildman–Crippen MR) is 55.9 cm³/mol. The lowest BCUT2D eigenvalue weighted by Gasteiger charge is -2.23. The van der Waals surface area contributed by atoms with Gasteiger partial charge in [-0.15, -0.1) is 0 Å². The summed E-state index contributed by atoms with van der Waals surface area (Å²) in [5.74, 6) is 0. The van der Waals surface area contributed by atoms with Gasteiger partial charge in [-0.25, -0.2) is 4.98 Å². The van der Waals surface area contributed by atoms with E-state index in [-0.39, 0.29) is 0 Å². The topological polar surface area (TPSA) is 52.7 Å². The highest BCUT2D eigenvalue weighted by molar-refractivity contribution is 4.93. The molecule has 0 aromatic carbocycles. The molecule has 0 spiro atoms. The van der Waals surface area contributed by atoms with Crippen molar-refractivity contribution in [3.63, 3.8) is 0 Å². The average Bonchev–Trinajstić information content (AvgIpc) is 2.72. The molecule has 14 heavy (non-hydrogen) atoms. The second-order valence-electron chi connectivity index (χ2n) is 3.85. The highest BCUT2D eigenvalue weighted by atomic mass is 15.0. The number of piperidine rings is 1. The highest BCUT2D eigenvalue weighted by Gasteiger charge is 2.11. The van der Waals surface area contributed by atoms with Gasteiger partial charge in [-0.3, -0.25) is 0 Å². The molecule has 1 aromatic heterocycles. The van der Waals surface area contributed by atoms with Crippen LogP contribution in [0.3, 0.4) is 0 Å². The van der Waals surface area contributed by atoms with E-state index in [4.69, 9.17) is 0 Å². The number of imidazole rings is 1. The number of H-pyrrole nitrogens is 1. The lowest BCUT2D eigenvalue weighted by molar-refractivity contribution is 0.382. The maximum Gasteiger partial charge on any atom is 0.0922 e.